The Morgan fingerprint density at radius 1 is 1.03 bits per heavy atom. The highest BCUT2D eigenvalue weighted by Crippen LogP contribution is 2.35. The topological polar surface area (TPSA) is 96.0 Å². The van der Waals surface area contributed by atoms with Crippen molar-refractivity contribution < 1.29 is 22.6 Å². The Morgan fingerprint density at radius 2 is 1.87 bits per heavy atom. The van der Waals surface area contributed by atoms with E-state index in [1.807, 2.05) is 0 Å². The second-order valence-electron chi connectivity index (χ2n) is 6.50. The lowest BCUT2D eigenvalue weighted by atomic mass is 10.1. The third-order valence-electron chi connectivity index (χ3n) is 4.36. The third-order valence-corrected chi connectivity index (χ3v) is 5.15. The van der Waals surface area contributed by atoms with Crippen molar-refractivity contribution in [2.75, 3.05) is 12.8 Å². The SMILES string of the molecule is COc1cc(CCc2ncc3nc(N)sc3n2)ccc1Oc1cc(C(F)(F)F)ccn1. The van der Waals surface area contributed by atoms with Gasteiger partial charge in [0.2, 0.25) is 5.88 Å². The molecule has 1 aromatic carbocycles. The fourth-order valence-electron chi connectivity index (χ4n) is 2.87. The third kappa shape index (κ3) is 4.82. The van der Waals surface area contributed by atoms with Crippen molar-refractivity contribution in [3.63, 3.8) is 0 Å². The van der Waals surface area contributed by atoms with Gasteiger partial charge in [-0.2, -0.15) is 13.2 Å². The Morgan fingerprint density at radius 3 is 2.65 bits per heavy atom. The molecule has 0 radical (unpaired) electrons. The molecule has 0 amide bonds. The van der Waals surface area contributed by atoms with E-state index in [0.717, 1.165) is 28.7 Å². The molecule has 160 valence electrons. The number of rotatable bonds is 6. The fraction of sp³-hybridized carbons (Fsp3) is 0.200. The van der Waals surface area contributed by atoms with Crippen molar-refractivity contribution in [2.24, 2.45) is 0 Å². The second kappa shape index (κ2) is 8.34. The number of hydrogen-bond acceptors (Lipinski definition) is 8. The predicted molar refractivity (Wildman–Crippen MR) is 109 cm³/mol. The van der Waals surface area contributed by atoms with Gasteiger partial charge in [-0.25, -0.2) is 19.9 Å². The number of pyridine rings is 1. The van der Waals surface area contributed by atoms with Crippen molar-refractivity contribution in [3.8, 4) is 17.4 Å². The molecule has 3 heterocycles. The molecule has 0 aliphatic rings. The molecule has 0 bridgehead atoms. The number of nitrogen functional groups attached to an aromatic ring is 1. The molecule has 7 nitrogen and oxygen atoms in total. The van der Waals surface area contributed by atoms with Crippen LogP contribution in [0.1, 0.15) is 17.0 Å². The summed E-state index contributed by atoms with van der Waals surface area (Å²) < 4.78 is 49.5. The zero-order chi connectivity index (χ0) is 22.0. The largest absolute Gasteiger partial charge is 0.493 e. The van der Waals surface area contributed by atoms with Crippen molar-refractivity contribution >= 4 is 26.8 Å². The molecule has 0 aliphatic heterocycles. The molecule has 0 saturated heterocycles. The molecule has 0 atom stereocenters. The lowest BCUT2D eigenvalue weighted by Crippen LogP contribution is -2.05. The summed E-state index contributed by atoms with van der Waals surface area (Å²) in [5.74, 6) is 1.12. The van der Waals surface area contributed by atoms with Gasteiger partial charge in [0.05, 0.1) is 18.9 Å². The first-order chi connectivity index (χ1) is 14.8. The summed E-state index contributed by atoms with van der Waals surface area (Å²) in [7, 11) is 1.46. The molecular formula is C20H16F3N5O2S. The van der Waals surface area contributed by atoms with Crippen LogP contribution in [0.4, 0.5) is 18.3 Å². The highest BCUT2D eigenvalue weighted by Gasteiger charge is 2.31. The summed E-state index contributed by atoms with van der Waals surface area (Å²) >= 11 is 1.30. The summed E-state index contributed by atoms with van der Waals surface area (Å²) in [5.41, 5.74) is 6.44. The van der Waals surface area contributed by atoms with Gasteiger partial charge in [0, 0.05) is 18.7 Å². The first-order valence-corrected chi connectivity index (χ1v) is 9.89. The molecule has 0 unspecified atom stereocenters. The van der Waals surface area contributed by atoms with Gasteiger partial charge in [0.15, 0.2) is 16.6 Å². The number of fused-ring (bicyclic) bond motifs is 1. The van der Waals surface area contributed by atoms with Crippen LogP contribution in [0.2, 0.25) is 0 Å². The van der Waals surface area contributed by atoms with E-state index in [9.17, 15) is 13.2 Å². The number of methoxy groups -OCH3 is 1. The van der Waals surface area contributed by atoms with E-state index in [1.54, 1.807) is 24.4 Å². The van der Waals surface area contributed by atoms with E-state index in [-0.39, 0.29) is 11.6 Å². The Bertz CT molecular complexity index is 1230. The number of aryl methyl sites for hydroxylation is 2. The van der Waals surface area contributed by atoms with Crippen molar-refractivity contribution in [2.45, 2.75) is 19.0 Å². The molecule has 3 aromatic heterocycles. The van der Waals surface area contributed by atoms with Crippen LogP contribution in [-0.4, -0.2) is 27.0 Å². The minimum atomic E-state index is -4.48. The Kier molecular flexibility index (Phi) is 5.59. The van der Waals surface area contributed by atoms with Crippen LogP contribution in [0.15, 0.2) is 42.7 Å². The van der Waals surface area contributed by atoms with Gasteiger partial charge in [-0.05, 0) is 30.2 Å². The lowest BCUT2D eigenvalue weighted by molar-refractivity contribution is -0.137. The van der Waals surface area contributed by atoms with Gasteiger partial charge in [-0.15, -0.1) is 0 Å². The quantitative estimate of drug-likeness (QED) is 0.459. The molecule has 0 fully saturated rings. The highest BCUT2D eigenvalue weighted by atomic mass is 32.1. The molecule has 4 aromatic rings. The number of nitrogens with two attached hydrogens (primary N) is 1. The van der Waals surface area contributed by atoms with Crippen LogP contribution in [0.5, 0.6) is 17.4 Å². The summed E-state index contributed by atoms with van der Waals surface area (Å²) in [6.07, 6.45) is -0.591. The zero-order valence-corrected chi connectivity index (χ0v) is 17.0. The number of ether oxygens (including phenoxy) is 2. The number of hydrogen-bond donors (Lipinski definition) is 1. The molecule has 2 N–H and O–H groups in total. The predicted octanol–water partition coefficient (Wildman–Crippen LogP) is 4.67. The number of benzene rings is 1. The zero-order valence-electron chi connectivity index (χ0n) is 16.2. The van der Waals surface area contributed by atoms with Crippen LogP contribution < -0.4 is 15.2 Å². The van der Waals surface area contributed by atoms with Crippen molar-refractivity contribution in [1.82, 2.24) is 19.9 Å². The number of halogens is 3. The molecule has 0 aliphatic carbocycles. The first-order valence-electron chi connectivity index (χ1n) is 9.08. The Labute approximate surface area is 178 Å². The highest BCUT2D eigenvalue weighted by molar-refractivity contribution is 7.21. The van der Waals surface area contributed by atoms with Gasteiger partial charge in [-0.3, -0.25) is 0 Å². The maximum absolute atomic E-state index is 12.9. The summed E-state index contributed by atoms with van der Waals surface area (Å²) in [5, 5.41) is 0.442. The minimum Gasteiger partial charge on any atom is -0.493 e. The van der Waals surface area contributed by atoms with Crippen LogP contribution in [0.25, 0.3) is 10.3 Å². The molecule has 4 rings (SSSR count). The van der Waals surface area contributed by atoms with Crippen LogP contribution in [0, 0.1) is 0 Å². The Balaban J connectivity index is 1.48. The van der Waals surface area contributed by atoms with Gasteiger partial charge in [0.1, 0.15) is 16.2 Å². The molecule has 0 saturated carbocycles. The fourth-order valence-corrected chi connectivity index (χ4v) is 3.57. The summed E-state index contributed by atoms with van der Waals surface area (Å²) in [6, 6.07) is 6.91. The van der Waals surface area contributed by atoms with Crippen LogP contribution in [0.3, 0.4) is 0 Å². The first kappa shape index (κ1) is 20.8. The van der Waals surface area contributed by atoms with Crippen LogP contribution in [-0.2, 0) is 19.0 Å². The van der Waals surface area contributed by atoms with E-state index < -0.39 is 11.7 Å². The second-order valence-corrected chi connectivity index (χ2v) is 7.51. The van der Waals surface area contributed by atoms with Gasteiger partial charge < -0.3 is 15.2 Å². The van der Waals surface area contributed by atoms with Gasteiger partial charge >= 0.3 is 6.18 Å². The van der Waals surface area contributed by atoms with Gasteiger partial charge in [-0.1, -0.05) is 17.4 Å². The van der Waals surface area contributed by atoms with Crippen molar-refractivity contribution in [1.29, 1.82) is 0 Å². The number of nitrogens with zero attached hydrogens (tertiary/aromatic N) is 4. The minimum absolute atomic E-state index is 0.175. The van der Waals surface area contributed by atoms with E-state index >= 15 is 0 Å². The van der Waals surface area contributed by atoms with E-state index in [0.29, 0.717) is 35.1 Å². The summed E-state index contributed by atoms with van der Waals surface area (Å²) in [6.45, 7) is 0. The van der Waals surface area contributed by atoms with Crippen LogP contribution >= 0.6 is 11.3 Å². The lowest BCUT2D eigenvalue weighted by Gasteiger charge is -2.12. The van der Waals surface area contributed by atoms with Gasteiger partial charge in [0.25, 0.3) is 0 Å². The number of alkyl halides is 3. The average molecular weight is 447 g/mol. The molecule has 0 spiro atoms. The monoisotopic (exact) mass is 447 g/mol. The summed E-state index contributed by atoms with van der Waals surface area (Å²) in [4.78, 5) is 17.5. The standard InChI is InChI=1S/C20H16F3N5O2S/c1-29-15-8-11(3-5-16-26-10-13-18(28-16)31-19(24)27-13)2-4-14(15)30-17-9-12(6-7-25-17)20(21,22)23/h2,4,6-10H,3,5H2,1H3,(H2,24,27). The average Bonchev–Trinajstić information content (AvgIpc) is 3.12. The van der Waals surface area contributed by atoms with E-state index in [4.69, 9.17) is 15.2 Å². The molecule has 11 heteroatoms. The maximum Gasteiger partial charge on any atom is 0.416 e. The smallest absolute Gasteiger partial charge is 0.416 e. The normalized spacial score (nSPS) is 11.6. The number of thiazole rings is 1. The van der Waals surface area contributed by atoms with E-state index in [1.165, 1.54) is 18.4 Å². The van der Waals surface area contributed by atoms with Crippen molar-refractivity contribution in [3.05, 3.63) is 59.7 Å². The maximum atomic E-state index is 12.9. The molecule has 31 heavy (non-hydrogen) atoms. The molecular weight excluding hydrogens is 431 g/mol. The Hall–Kier alpha value is -3.47. The number of anilines is 1. The van der Waals surface area contributed by atoms with E-state index in [2.05, 4.69) is 19.9 Å². The number of aromatic nitrogens is 4.